The summed E-state index contributed by atoms with van der Waals surface area (Å²) in [6.45, 7) is 1.59. The van der Waals surface area contributed by atoms with Crippen LogP contribution in [-0.2, 0) is 15.1 Å². The molecule has 0 spiro atoms. The highest BCUT2D eigenvalue weighted by Gasteiger charge is 2.49. The summed E-state index contributed by atoms with van der Waals surface area (Å²) >= 11 is 0. The van der Waals surface area contributed by atoms with Gasteiger partial charge in [0.15, 0.2) is 11.5 Å². The van der Waals surface area contributed by atoms with Crippen molar-refractivity contribution in [1.82, 2.24) is 10.2 Å². The number of nitrogens with one attached hydrogen (secondary N) is 2. The molecule has 0 aliphatic carbocycles. The molecule has 2 aromatic rings. The van der Waals surface area contributed by atoms with Gasteiger partial charge in [0.05, 0.1) is 0 Å². The Labute approximate surface area is 165 Å². The van der Waals surface area contributed by atoms with Gasteiger partial charge in [-0.2, -0.15) is 0 Å². The van der Waals surface area contributed by atoms with Gasteiger partial charge in [-0.25, -0.2) is 9.18 Å². The van der Waals surface area contributed by atoms with E-state index < -0.39 is 29.2 Å². The summed E-state index contributed by atoms with van der Waals surface area (Å²) in [5.74, 6) is -0.317. The third-order valence-corrected chi connectivity index (χ3v) is 4.90. The molecule has 0 radical (unpaired) electrons. The predicted molar refractivity (Wildman–Crippen MR) is 99.8 cm³/mol. The first-order valence-electron chi connectivity index (χ1n) is 8.96. The highest BCUT2D eigenvalue weighted by atomic mass is 19.1. The van der Waals surface area contributed by atoms with E-state index in [0.29, 0.717) is 22.7 Å². The van der Waals surface area contributed by atoms with E-state index in [1.54, 1.807) is 31.2 Å². The first-order chi connectivity index (χ1) is 13.9. The van der Waals surface area contributed by atoms with E-state index in [9.17, 15) is 18.8 Å². The van der Waals surface area contributed by atoms with Crippen LogP contribution in [0.5, 0.6) is 11.5 Å². The number of imide groups is 1. The minimum Gasteiger partial charge on any atom is -0.454 e. The Kier molecular flexibility index (Phi) is 4.57. The highest BCUT2D eigenvalue weighted by molar-refractivity contribution is 6.07. The quantitative estimate of drug-likeness (QED) is 0.753. The summed E-state index contributed by atoms with van der Waals surface area (Å²) in [4.78, 5) is 38.4. The Morgan fingerprint density at radius 1 is 1.21 bits per heavy atom. The van der Waals surface area contributed by atoms with Gasteiger partial charge in [-0.05, 0) is 42.8 Å². The minimum absolute atomic E-state index is 0.0996. The molecule has 2 aromatic carbocycles. The van der Waals surface area contributed by atoms with E-state index in [1.165, 1.54) is 18.2 Å². The van der Waals surface area contributed by atoms with Crippen LogP contribution < -0.4 is 20.1 Å². The molecule has 0 bridgehead atoms. The molecule has 150 valence electrons. The summed E-state index contributed by atoms with van der Waals surface area (Å²) in [6.07, 6.45) is -0.118. The average molecular weight is 399 g/mol. The Bertz CT molecular complexity index is 1010. The van der Waals surface area contributed by atoms with Crippen LogP contribution >= 0.6 is 0 Å². The number of rotatable bonds is 5. The molecular formula is C20H18FN3O5. The number of halogens is 1. The van der Waals surface area contributed by atoms with Crippen molar-refractivity contribution in [3.05, 3.63) is 53.8 Å². The predicted octanol–water partition coefficient (Wildman–Crippen LogP) is 2.35. The van der Waals surface area contributed by atoms with E-state index in [0.717, 1.165) is 4.90 Å². The lowest BCUT2D eigenvalue weighted by atomic mass is 9.91. The largest absolute Gasteiger partial charge is 0.454 e. The number of anilines is 1. The number of ether oxygens (including phenoxy) is 2. The number of amides is 4. The molecule has 2 N–H and O–H groups in total. The summed E-state index contributed by atoms with van der Waals surface area (Å²) in [5, 5.41) is 5.22. The van der Waals surface area contributed by atoms with Crippen LogP contribution in [0.25, 0.3) is 0 Å². The zero-order valence-corrected chi connectivity index (χ0v) is 15.5. The van der Waals surface area contributed by atoms with Crippen molar-refractivity contribution in [2.45, 2.75) is 18.9 Å². The first-order valence-corrected chi connectivity index (χ1v) is 8.96. The third kappa shape index (κ3) is 3.46. The van der Waals surface area contributed by atoms with E-state index in [4.69, 9.17) is 9.47 Å². The fraction of sp³-hybridized carbons (Fsp3) is 0.250. The van der Waals surface area contributed by atoms with Crippen LogP contribution in [0, 0.1) is 5.82 Å². The van der Waals surface area contributed by atoms with Crippen LogP contribution in [0.15, 0.2) is 42.5 Å². The Morgan fingerprint density at radius 2 is 2.00 bits per heavy atom. The van der Waals surface area contributed by atoms with Gasteiger partial charge in [0.1, 0.15) is 11.4 Å². The molecule has 2 aliphatic rings. The molecule has 0 saturated carbocycles. The Hall–Kier alpha value is -3.62. The molecule has 2 heterocycles. The molecule has 0 unspecified atom stereocenters. The molecular weight excluding hydrogens is 381 g/mol. The number of carbonyl (C=O) groups is 3. The molecule has 9 heteroatoms. The van der Waals surface area contributed by atoms with Gasteiger partial charge >= 0.3 is 6.03 Å². The average Bonchev–Trinajstić information content (AvgIpc) is 3.23. The van der Waals surface area contributed by atoms with Gasteiger partial charge in [0.2, 0.25) is 12.7 Å². The zero-order valence-electron chi connectivity index (χ0n) is 15.5. The lowest BCUT2D eigenvalue weighted by Crippen LogP contribution is -2.41. The molecule has 29 heavy (non-hydrogen) atoms. The van der Waals surface area contributed by atoms with Crippen molar-refractivity contribution in [2.75, 3.05) is 18.7 Å². The summed E-state index contributed by atoms with van der Waals surface area (Å²) < 4.78 is 23.8. The number of urea groups is 1. The SMILES string of the molecule is C[C@@]1(c2ccc3c(c2)OCO3)NC(=O)N(CCC(=O)Nc2cccc(F)c2)C1=O. The smallest absolute Gasteiger partial charge is 0.325 e. The standard InChI is InChI=1S/C20H18FN3O5/c1-20(12-5-6-15-16(9-12)29-11-28-15)18(26)24(19(27)23-20)8-7-17(25)22-14-4-2-3-13(21)10-14/h2-6,9-10H,7-8,11H2,1H3,(H,22,25)(H,23,27)/t20-/m0/s1. The fourth-order valence-electron chi connectivity index (χ4n) is 3.31. The molecule has 8 nitrogen and oxygen atoms in total. The Balaban J connectivity index is 1.43. The second-order valence-electron chi connectivity index (χ2n) is 6.89. The second-order valence-corrected chi connectivity index (χ2v) is 6.89. The lowest BCUT2D eigenvalue weighted by molar-refractivity contribution is -0.131. The number of carbonyl (C=O) groups excluding carboxylic acids is 3. The third-order valence-electron chi connectivity index (χ3n) is 4.90. The molecule has 1 saturated heterocycles. The summed E-state index contributed by atoms with van der Waals surface area (Å²) in [5.41, 5.74) is -0.430. The fourth-order valence-corrected chi connectivity index (χ4v) is 3.31. The normalized spacial score (nSPS) is 20.0. The lowest BCUT2D eigenvalue weighted by Gasteiger charge is -2.22. The van der Waals surface area contributed by atoms with E-state index in [-0.39, 0.29) is 19.8 Å². The van der Waals surface area contributed by atoms with E-state index in [2.05, 4.69) is 10.6 Å². The van der Waals surface area contributed by atoms with Gasteiger partial charge in [-0.1, -0.05) is 12.1 Å². The number of benzene rings is 2. The number of nitrogens with zero attached hydrogens (tertiary/aromatic N) is 1. The summed E-state index contributed by atoms with van der Waals surface area (Å²) in [6, 6.07) is 9.89. The maximum atomic E-state index is 13.2. The zero-order chi connectivity index (χ0) is 20.6. The van der Waals surface area contributed by atoms with Crippen molar-refractivity contribution in [3.8, 4) is 11.5 Å². The van der Waals surface area contributed by atoms with Crippen LogP contribution in [0.3, 0.4) is 0 Å². The first kappa shape index (κ1) is 18.7. The molecule has 1 atom stereocenters. The van der Waals surface area contributed by atoms with Crippen molar-refractivity contribution in [1.29, 1.82) is 0 Å². The number of fused-ring (bicyclic) bond motifs is 1. The Morgan fingerprint density at radius 3 is 2.79 bits per heavy atom. The molecule has 1 fully saturated rings. The van der Waals surface area contributed by atoms with Crippen molar-refractivity contribution in [2.24, 2.45) is 0 Å². The minimum atomic E-state index is -1.28. The molecule has 0 aromatic heterocycles. The van der Waals surface area contributed by atoms with Crippen molar-refractivity contribution >= 4 is 23.5 Å². The van der Waals surface area contributed by atoms with Gasteiger partial charge < -0.3 is 20.1 Å². The topological polar surface area (TPSA) is 97.0 Å². The summed E-state index contributed by atoms with van der Waals surface area (Å²) in [7, 11) is 0. The number of hydrogen-bond acceptors (Lipinski definition) is 5. The number of hydrogen-bond donors (Lipinski definition) is 2. The van der Waals surface area contributed by atoms with Gasteiger partial charge in [-0.3, -0.25) is 14.5 Å². The van der Waals surface area contributed by atoms with Crippen LogP contribution in [0.2, 0.25) is 0 Å². The van der Waals surface area contributed by atoms with Crippen LogP contribution in [-0.4, -0.2) is 36.1 Å². The van der Waals surface area contributed by atoms with E-state index in [1.807, 2.05) is 0 Å². The maximum absolute atomic E-state index is 13.2. The van der Waals surface area contributed by atoms with Crippen molar-refractivity contribution in [3.63, 3.8) is 0 Å². The van der Waals surface area contributed by atoms with Crippen molar-refractivity contribution < 1.29 is 28.2 Å². The van der Waals surface area contributed by atoms with Crippen LogP contribution in [0.4, 0.5) is 14.9 Å². The van der Waals surface area contributed by atoms with E-state index >= 15 is 0 Å². The molecule has 4 rings (SSSR count). The maximum Gasteiger partial charge on any atom is 0.325 e. The molecule has 2 aliphatic heterocycles. The van der Waals surface area contributed by atoms with Gasteiger partial charge in [0.25, 0.3) is 5.91 Å². The highest BCUT2D eigenvalue weighted by Crippen LogP contribution is 2.37. The monoisotopic (exact) mass is 399 g/mol. The second kappa shape index (κ2) is 7.08. The van der Waals surface area contributed by atoms with Gasteiger partial charge in [-0.15, -0.1) is 0 Å². The molecule has 4 amide bonds. The van der Waals surface area contributed by atoms with Gasteiger partial charge in [0, 0.05) is 18.7 Å². The van der Waals surface area contributed by atoms with Crippen LogP contribution in [0.1, 0.15) is 18.9 Å².